The van der Waals surface area contributed by atoms with Crippen LogP contribution in [0, 0.1) is 11.3 Å². The van der Waals surface area contributed by atoms with E-state index in [0.29, 0.717) is 6.04 Å². The van der Waals surface area contributed by atoms with Crippen molar-refractivity contribution in [3.63, 3.8) is 0 Å². The van der Waals surface area contributed by atoms with Gasteiger partial charge in [-0.05, 0) is 18.4 Å². The van der Waals surface area contributed by atoms with Crippen molar-refractivity contribution in [2.45, 2.75) is 37.8 Å². The van der Waals surface area contributed by atoms with Crippen molar-refractivity contribution >= 4 is 0 Å². The molecule has 0 aromatic heterocycles. The zero-order valence-electron chi connectivity index (χ0n) is 8.82. The molecular formula is C13H16N2. The van der Waals surface area contributed by atoms with Gasteiger partial charge in [-0.1, -0.05) is 43.2 Å². The zero-order chi connectivity index (χ0) is 10.5. The van der Waals surface area contributed by atoms with Crippen LogP contribution in [-0.2, 0) is 0 Å². The smallest absolute Gasteiger partial charge is 0.121 e. The van der Waals surface area contributed by atoms with Crippen LogP contribution in [0.2, 0.25) is 0 Å². The Morgan fingerprint density at radius 3 is 2.47 bits per heavy atom. The molecule has 1 aliphatic carbocycles. The standard InChI is InChI=1S/C13H16N2/c14-10-13(11-6-2-1-3-7-11)15-12-8-4-5-9-12/h1-3,6-7,12-13,15H,4-5,8-9H2/t13-/m1/s1. The summed E-state index contributed by atoms with van der Waals surface area (Å²) in [5.41, 5.74) is 1.08. The van der Waals surface area contributed by atoms with Crippen molar-refractivity contribution in [3.8, 4) is 6.07 Å². The summed E-state index contributed by atoms with van der Waals surface area (Å²) in [6.07, 6.45) is 5.02. The minimum Gasteiger partial charge on any atom is -0.295 e. The Kier molecular flexibility index (Phi) is 3.37. The molecule has 2 heteroatoms. The lowest BCUT2D eigenvalue weighted by atomic mass is 10.1. The second kappa shape index (κ2) is 4.95. The Hall–Kier alpha value is -1.33. The summed E-state index contributed by atoms with van der Waals surface area (Å²) in [5.74, 6) is 0. The highest BCUT2D eigenvalue weighted by Crippen LogP contribution is 2.21. The predicted octanol–water partition coefficient (Wildman–Crippen LogP) is 2.78. The van der Waals surface area contributed by atoms with E-state index in [0.717, 1.165) is 5.56 Å². The first-order valence-corrected chi connectivity index (χ1v) is 5.61. The van der Waals surface area contributed by atoms with E-state index in [-0.39, 0.29) is 6.04 Å². The lowest BCUT2D eigenvalue weighted by Crippen LogP contribution is -2.29. The van der Waals surface area contributed by atoms with Crippen LogP contribution in [0.15, 0.2) is 30.3 Å². The molecule has 0 unspecified atom stereocenters. The average molecular weight is 200 g/mol. The lowest BCUT2D eigenvalue weighted by molar-refractivity contribution is 0.492. The van der Waals surface area contributed by atoms with Crippen LogP contribution in [0.3, 0.4) is 0 Å². The highest BCUT2D eigenvalue weighted by atomic mass is 15.0. The molecule has 1 fully saturated rings. The molecule has 78 valence electrons. The van der Waals surface area contributed by atoms with Gasteiger partial charge in [0.1, 0.15) is 6.04 Å². The molecular weight excluding hydrogens is 184 g/mol. The Morgan fingerprint density at radius 1 is 1.20 bits per heavy atom. The van der Waals surface area contributed by atoms with Gasteiger partial charge in [-0.3, -0.25) is 5.32 Å². The SMILES string of the molecule is N#C[C@@H](NC1CCCC1)c1ccccc1. The number of hydrogen-bond donors (Lipinski definition) is 1. The van der Waals surface area contributed by atoms with E-state index in [9.17, 15) is 0 Å². The Morgan fingerprint density at radius 2 is 1.87 bits per heavy atom. The quantitative estimate of drug-likeness (QED) is 0.814. The molecule has 1 aromatic rings. The van der Waals surface area contributed by atoms with E-state index in [1.165, 1.54) is 25.7 Å². The van der Waals surface area contributed by atoms with Gasteiger partial charge in [-0.15, -0.1) is 0 Å². The Bertz CT molecular complexity index is 333. The molecule has 0 radical (unpaired) electrons. The maximum absolute atomic E-state index is 9.13. The third-order valence-corrected chi connectivity index (χ3v) is 3.02. The van der Waals surface area contributed by atoms with E-state index in [1.54, 1.807) is 0 Å². The molecule has 1 N–H and O–H groups in total. The van der Waals surface area contributed by atoms with Gasteiger partial charge >= 0.3 is 0 Å². The summed E-state index contributed by atoms with van der Waals surface area (Å²) in [6.45, 7) is 0. The molecule has 2 rings (SSSR count). The van der Waals surface area contributed by atoms with E-state index in [4.69, 9.17) is 5.26 Å². The maximum Gasteiger partial charge on any atom is 0.121 e. The molecule has 1 aliphatic rings. The van der Waals surface area contributed by atoms with Crippen molar-refractivity contribution < 1.29 is 0 Å². The number of nitrogens with zero attached hydrogens (tertiary/aromatic N) is 1. The summed E-state index contributed by atoms with van der Waals surface area (Å²) >= 11 is 0. The summed E-state index contributed by atoms with van der Waals surface area (Å²) < 4.78 is 0. The molecule has 1 saturated carbocycles. The molecule has 1 atom stereocenters. The summed E-state index contributed by atoms with van der Waals surface area (Å²) in [5, 5.41) is 12.5. The summed E-state index contributed by atoms with van der Waals surface area (Å²) in [7, 11) is 0. The maximum atomic E-state index is 9.13. The van der Waals surface area contributed by atoms with Gasteiger partial charge in [0, 0.05) is 6.04 Å². The molecule has 0 heterocycles. The van der Waals surface area contributed by atoms with E-state index < -0.39 is 0 Å². The minimum absolute atomic E-state index is 0.144. The van der Waals surface area contributed by atoms with E-state index in [2.05, 4.69) is 11.4 Å². The van der Waals surface area contributed by atoms with Crippen LogP contribution in [-0.4, -0.2) is 6.04 Å². The normalized spacial score (nSPS) is 18.6. The summed E-state index contributed by atoms with van der Waals surface area (Å²) in [6, 6.07) is 12.7. The monoisotopic (exact) mass is 200 g/mol. The predicted molar refractivity (Wildman–Crippen MR) is 60.2 cm³/mol. The number of nitriles is 1. The number of hydrogen-bond acceptors (Lipinski definition) is 2. The highest BCUT2D eigenvalue weighted by molar-refractivity contribution is 5.23. The number of benzene rings is 1. The van der Waals surface area contributed by atoms with E-state index >= 15 is 0 Å². The van der Waals surface area contributed by atoms with Gasteiger partial charge in [-0.25, -0.2) is 0 Å². The lowest BCUT2D eigenvalue weighted by Gasteiger charge is -2.17. The van der Waals surface area contributed by atoms with Gasteiger partial charge in [0.05, 0.1) is 6.07 Å². The van der Waals surface area contributed by atoms with Gasteiger partial charge < -0.3 is 0 Å². The Labute approximate surface area is 90.9 Å². The topological polar surface area (TPSA) is 35.8 Å². The van der Waals surface area contributed by atoms with Gasteiger partial charge in [0.15, 0.2) is 0 Å². The molecule has 0 spiro atoms. The molecule has 2 nitrogen and oxygen atoms in total. The largest absolute Gasteiger partial charge is 0.295 e. The molecule has 15 heavy (non-hydrogen) atoms. The highest BCUT2D eigenvalue weighted by Gasteiger charge is 2.19. The van der Waals surface area contributed by atoms with Crippen molar-refractivity contribution in [3.05, 3.63) is 35.9 Å². The summed E-state index contributed by atoms with van der Waals surface area (Å²) in [4.78, 5) is 0. The van der Waals surface area contributed by atoms with Crippen LogP contribution >= 0.6 is 0 Å². The first-order valence-electron chi connectivity index (χ1n) is 5.61. The number of nitrogens with one attached hydrogen (secondary N) is 1. The van der Waals surface area contributed by atoms with Crippen molar-refractivity contribution in [1.82, 2.24) is 5.32 Å². The third kappa shape index (κ3) is 2.57. The van der Waals surface area contributed by atoms with Crippen molar-refractivity contribution in [1.29, 1.82) is 5.26 Å². The average Bonchev–Trinajstić information content (AvgIpc) is 2.80. The molecule has 0 amide bonds. The fraction of sp³-hybridized carbons (Fsp3) is 0.462. The van der Waals surface area contributed by atoms with Gasteiger partial charge in [0.25, 0.3) is 0 Å². The molecule has 0 bridgehead atoms. The first-order chi connectivity index (χ1) is 7.40. The first kappa shape index (κ1) is 10.2. The second-order valence-electron chi connectivity index (χ2n) is 4.12. The van der Waals surface area contributed by atoms with Crippen LogP contribution in [0.5, 0.6) is 0 Å². The van der Waals surface area contributed by atoms with E-state index in [1.807, 2.05) is 30.3 Å². The third-order valence-electron chi connectivity index (χ3n) is 3.02. The minimum atomic E-state index is -0.144. The van der Waals surface area contributed by atoms with Crippen molar-refractivity contribution in [2.24, 2.45) is 0 Å². The molecule has 1 aromatic carbocycles. The fourth-order valence-electron chi connectivity index (χ4n) is 2.18. The Balaban J connectivity index is 2.02. The van der Waals surface area contributed by atoms with Crippen LogP contribution in [0.1, 0.15) is 37.3 Å². The number of rotatable bonds is 3. The van der Waals surface area contributed by atoms with Crippen LogP contribution < -0.4 is 5.32 Å². The van der Waals surface area contributed by atoms with Gasteiger partial charge in [-0.2, -0.15) is 5.26 Å². The van der Waals surface area contributed by atoms with Crippen molar-refractivity contribution in [2.75, 3.05) is 0 Å². The second-order valence-corrected chi connectivity index (χ2v) is 4.12. The fourth-order valence-corrected chi connectivity index (χ4v) is 2.18. The molecule has 0 saturated heterocycles. The van der Waals surface area contributed by atoms with Crippen LogP contribution in [0.25, 0.3) is 0 Å². The molecule has 0 aliphatic heterocycles. The van der Waals surface area contributed by atoms with Crippen LogP contribution in [0.4, 0.5) is 0 Å². The zero-order valence-corrected chi connectivity index (χ0v) is 8.82. The van der Waals surface area contributed by atoms with Gasteiger partial charge in [0.2, 0.25) is 0 Å².